The topological polar surface area (TPSA) is 148 Å². The fourth-order valence-electron chi connectivity index (χ4n) is 4.57. The highest BCUT2D eigenvalue weighted by molar-refractivity contribution is 7.89. The van der Waals surface area contributed by atoms with Crippen LogP contribution in [0.2, 0.25) is 5.02 Å². The predicted octanol–water partition coefficient (Wildman–Crippen LogP) is 3.29. The Balaban J connectivity index is 1.31. The Hall–Kier alpha value is -4.33. The molecule has 0 radical (unpaired) electrons. The molecule has 2 N–H and O–H groups in total. The van der Waals surface area contributed by atoms with Crippen molar-refractivity contribution in [3.05, 3.63) is 87.4 Å². The van der Waals surface area contributed by atoms with Crippen LogP contribution in [0.25, 0.3) is 22.7 Å². The molecule has 1 aliphatic rings. The number of nitrogens with one attached hydrogen (secondary N) is 2. The zero-order valence-electron chi connectivity index (χ0n) is 21.2. The van der Waals surface area contributed by atoms with Gasteiger partial charge in [0, 0.05) is 29.7 Å². The maximum atomic E-state index is 13.1. The molecule has 12 nitrogen and oxygen atoms in total. The summed E-state index contributed by atoms with van der Waals surface area (Å²) in [4.78, 5) is 33.4. The molecular weight excluding hydrogens is 556 g/mol. The minimum atomic E-state index is -3.59. The lowest BCUT2D eigenvalue weighted by Crippen LogP contribution is -2.27. The molecule has 2 aromatic carbocycles. The van der Waals surface area contributed by atoms with Crippen molar-refractivity contribution in [1.82, 2.24) is 33.8 Å². The number of aromatic nitrogens is 6. The summed E-state index contributed by atoms with van der Waals surface area (Å²) in [5.74, 6) is -0.152. The van der Waals surface area contributed by atoms with Crippen LogP contribution < -0.4 is 10.9 Å². The van der Waals surface area contributed by atoms with Gasteiger partial charge < -0.3 is 5.32 Å². The molecule has 0 atom stereocenters. The van der Waals surface area contributed by atoms with Gasteiger partial charge in [0.05, 0.1) is 22.5 Å². The van der Waals surface area contributed by atoms with E-state index in [1.165, 1.54) is 44.1 Å². The van der Waals surface area contributed by atoms with Crippen molar-refractivity contribution >= 4 is 44.4 Å². The number of aromatic amines is 1. The van der Waals surface area contributed by atoms with Crippen LogP contribution in [0.15, 0.2) is 70.5 Å². The average Bonchev–Trinajstić information content (AvgIpc) is 3.70. The number of rotatable bonds is 6. The van der Waals surface area contributed by atoms with E-state index in [2.05, 4.69) is 25.5 Å². The van der Waals surface area contributed by atoms with Gasteiger partial charge in [-0.25, -0.2) is 13.1 Å². The largest absolute Gasteiger partial charge is 0.306 e. The Morgan fingerprint density at radius 3 is 2.42 bits per heavy atom. The van der Waals surface area contributed by atoms with Crippen molar-refractivity contribution < 1.29 is 13.2 Å². The molecule has 1 saturated heterocycles. The highest BCUT2D eigenvalue weighted by Crippen LogP contribution is 2.23. The molecule has 0 unspecified atom stereocenters. The van der Waals surface area contributed by atoms with Crippen molar-refractivity contribution in [3.8, 4) is 11.6 Å². The molecule has 0 saturated carbocycles. The highest BCUT2D eigenvalue weighted by atomic mass is 35.5. The molecule has 14 heteroatoms. The van der Waals surface area contributed by atoms with Crippen molar-refractivity contribution in [2.24, 2.45) is 0 Å². The minimum Gasteiger partial charge on any atom is -0.306 e. The summed E-state index contributed by atoms with van der Waals surface area (Å²) in [6, 6.07) is 14.3. The first-order valence-electron chi connectivity index (χ1n) is 12.4. The first-order valence-corrected chi connectivity index (χ1v) is 14.2. The van der Waals surface area contributed by atoms with Gasteiger partial charge in [0.15, 0.2) is 5.65 Å². The third-order valence-electron chi connectivity index (χ3n) is 6.59. The van der Waals surface area contributed by atoms with Gasteiger partial charge in [0.1, 0.15) is 11.2 Å². The number of hydrogen-bond donors (Lipinski definition) is 2. The average molecular weight is 579 g/mol. The second-order valence-electron chi connectivity index (χ2n) is 9.33. The lowest BCUT2D eigenvalue weighted by molar-refractivity contribution is 0.102. The molecule has 1 fully saturated rings. The smallest absolute Gasteiger partial charge is 0.263 e. The summed E-state index contributed by atoms with van der Waals surface area (Å²) in [7, 11) is -3.59. The normalized spacial score (nSPS) is 14.2. The summed E-state index contributed by atoms with van der Waals surface area (Å²) in [6.07, 6.45) is 3.09. The second-order valence-corrected chi connectivity index (χ2v) is 11.7. The van der Waals surface area contributed by atoms with Gasteiger partial charge in [0.25, 0.3) is 11.5 Å². The van der Waals surface area contributed by atoms with E-state index in [9.17, 15) is 18.0 Å². The maximum absolute atomic E-state index is 13.1. The van der Waals surface area contributed by atoms with Crippen molar-refractivity contribution in [2.75, 3.05) is 18.4 Å². The SMILES string of the molecule is Cc1cc(NC(=O)c2ccc(S(=O)(=O)N3CCCC3)cc2)n(-c2nc3c(cnn3-c3ccc(Cl)cc3)c(=O)[nH]2)n1. The molecule has 204 valence electrons. The number of nitrogens with zero attached hydrogens (tertiary/aromatic N) is 6. The van der Waals surface area contributed by atoms with Crippen LogP contribution in [-0.2, 0) is 10.0 Å². The number of anilines is 1. The summed E-state index contributed by atoms with van der Waals surface area (Å²) in [5, 5.41) is 12.3. The third-order valence-corrected chi connectivity index (χ3v) is 8.75. The van der Waals surface area contributed by atoms with Crippen LogP contribution in [-0.4, -0.2) is 61.2 Å². The Kier molecular flexibility index (Phi) is 6.49. The van der Waals surface area contributed by atoms with E-state index in [4.69, 9.17) is 11.6 Å². The summed E-state index contributed by atoms with van der Waals surface area (Å²) in [6.45, 7) is 2.73. The standard InChI is InChI=1S/C26H23ClN8O4S/c1-16-14-22(29-24(36)17-4-10-20(11-5-17)40(38,39)33-12-2-3-13-33)35(32-16)26-30-23-21(25(37)31-26)15-28-34(23)19-8-6-18(27)7-9-19/h4-11,14-15H,2-3,12-13H2,1H3,(H,29,36)(H,30,31,37). The maximum Gasteiger partial charge on any atom is 0.263 e. The van der Waals surface area contributed by atoms with Crippen LogP contribution in [0.3, 0.4) is 0 Å². The van der Waals surface area contributed by atoms with Gasteiger partial charge in [-0.1, -0.05) is 11.6 Å². The Bertz CT molecular complexity index is 1910. The van der Waals surface area contributed by atoms with E-state index in [1.807, 2.05) is 0 Å². The summed E-state index contributed by atoms with van der Waals surface area (Å²) in [5.41, 5.74) is 1.34. The van der Waals surface area contributed by atoms with Gasteiger partial charge in [-0.05, 0) is 68.3 Å². The number of fused-ring (bicyclic) bond motifs is 1. The zero-order valence-corrected chi connectivity index (χ0v) is 22.8. The lowest BCUT2D eigenvalue weighted by Gasteiger charge is -2.15. The quantitative estimate of drug-likeness (QED) is 0.314. The van der Waals surface area contributed by atoms with Crippen LogP contribution in [0.5, 0.6) is 0 Å². The molecule has 5 aromatic rings. The fraction of sp³-hybridized carbons (Fsp3) is 0.192. The first kappa shape index (κ1) is 25.9. The van der Waals surface area contributed by atoms with Crippen LogP contribution in [0, 0.1) is 6.92 Å². The number of aryl methyl sites for hydroxylation is 1. The third kappa shape index (κ3) is 4.68. The van der Waals surface area contributed by atoms with Gasteiger partial charge in [-0.3, -0.25) is 14.6 Å². The monoisotopic (exact) mass is 578 g/mol. The molecule has 0 spiro atoms. The van der Waals surface area contributed by atoms with Crippen LogP contribution in [0.1, 0.15) is 28.9 Å². The second kappa shape index (κ2) is 10.0. The Morgan fingerprint density at radius 1 is 1.02 bits per heavy atom. The number of benzene rings is 2. The molecule has 6 rings (SSSR count). The molecule has 3 aromatic heterocycles. The molecular formula is C26H23ClN8O4S. The minimum absolute atomic E-state index is 0.0728. The number of sulfonamides is 1. The Morgan fingerprint density at radius 2 is 1.73 bits per heavy atom. The van der Waals surface area contributed by atoms with Gasteiger partial charge in [-0.15, -0.1) is 0 Å². The van der Waals surface area contributed by atoms with Crippen LogP contribution in [0.4, 0.5) is 5.82 Å². The molecule has 4 heterocycles. The summed E-state index contributed by atoms with van der Waals surface area (Å²) < 4.78 is 29.9. The molecule has 40 heavy (non-hydrogen) atoms. The van der Waals surface area contributed by atoms with Crippen molar-refractivity contribution in [1.29, 1.82) is 0 Å². The van der Waals surface area contributed by atoms with Gasteiger partial charge in [-0.2, -0.15) is 24.2 Å². The van der Waals surface area contributed by atoms with E-state index < -0.39 is 21.5 Å². The lowest BCUT2D eigenvalue weighted by atomic mass is 10.2. The molecule has 0 bridgehead atoms. The number of amides is 1. The molecule has 0 aliphatic carbocycles. The van der Waals surface area contributed by atoms with Crippen molar-refractivity contribution in [3.63, 3.8) is 0 Å². The van der Waals surface area contributed by atoms with Crippen LogP contribution >= 0.6 is 11.6 Å². The number of H-pyrrole nitrogens is 1. The summed E-state index contributed by atoms with van der Waals surface area (Å²) >= 11 is 6.01. The van der Waals surface area contributed by atoms with E-state index >= 15 is 0 Å². The van der Waals surface area contributed by atoms with E-state index in [0.29, 0.717) is 35.1 Å². The number of carbonyl (C=O) groups excluding carboxylic acids is 1. The van der Waals surface area contributed by atoms with Gasteiger partial charge in [0.2, 0.25) is 16.0 Å². The van der Waals surface area contributed by atoms with E-state index in [1.54, 1.807) is 37.3 Å². The van der Waals surface area contributed by atoms with E-state index in [0.717, 1.165) is 12.8 Å². The first-order chi connectivity index (χ1) is 19.2. The number of carbonyl (C=O) groups is 1. The fourth-order valence-corrected chi connectivity index (χ4v) is 6.22. The number of halogens is 1. The number of hydrogen-bond acceptors (Lipinski definition) is 7. The molecule has 1 amide bonds. The van der Waals surface area contributed by atoms with Crippen molar-refractivity contribution in [2.45, 2.75) is 24.7 Å². The predicted molar refractivity (Wildman–Crippen MR) is 149 cm³/mol. The zero-order chi connectivity index (χ0) is 28.0. The van der Waals surface area contributed by atoms with E-state index in [-0.39, 0.29) is 27.6 Å². The van der Waals surface area contributed by atoms with Gasteiger partial charge >= 0.3 is 0 Å². The highest BCUT2D eigenvalue weighted by Gasteiger charge is 2.27. The Labute approximate surface area is 233 Å². The molecule has 1 aliphatic heterocycles.